The van der Waals surface area contributed by atoms with Crippen molar-refractivity contribution in [3.8, 4) is 0 Å². The second-order valence-corrected chi connectivity index (χ2v) is 9.51. The number of carboxylic acid groups (broad SMARTS) is 2. The Bertz CT molecular complexity index is 474. The zero-order valence-corrected chi connectivity index (χ0v) is 19.7. The van der Waals surface area contributed by atoms with Gasteiger partial charge in [0.2, 0.25) is 10.6 Å². The average molecular weight is 573 g/mol. The zero-order valence-electron chi connectivity index (χ0n) is 14.9. The summed E-state index contributed by atoms with van der Waals surface area (Å²) >= 11 is 8.83. The van der Waals surface area contributed by atoms with E-state index in [0.29, 0.717) is 0 Å². The van der Waals surface area contributed by atoms with E-state index in [0.717, 1.165) is 0 Å². The molecular formula is C15H29Br3N2O6. The van der Waals surface area contributed by atoms with E-state index in [1.807, 2.05) is 0 Å². The Balaban J connectivity index is -0.000000149. The van der Waals surface area contributed by atoms with Crippen molar-refractivity contribution in [3.05, 3.63) is 0 Å². The molecule has 156 valence electrons. The fourth-order valence-electron chi connectivity index (χ4n) is 0.461. The molecule has 5 N–H and O–H groups in total. The van der Waals surface area contributed by atoms with Gasteiger partial charge in [0.1, 0.15) is 11.1 Å². The van der Waals surface area contributed by atoms with E-state index in [4.69, 9.17) is 15.9 Å². The molecule has 0 bridgehead atoms. The minimum atomic E-state index is -1.21. The monoisotopic (exact) mass is 570 g/mol. The number of hydrogen-bond donors (Lipinski definition) is 4. The van der Waals surface area contributed by atoms with Gasteiger partial charge in [-0.1, -0.05) is 39.3 Å². The summed E-state index contributed by atoms with van der Waals surface area (Å²) in [4.78, 5) is 41.1. The van der Waals surface area contributed by atoms with Gasteiger partial charge >= 0.3 is 11.9 Å². The van der Waals surface area contributed by atoms with Crippen LogP contribution in [-0.4, -0.2) is 53.5 Å². The van der Waals surface area contributed by atoms with E-state index in [1.54, 1.807) is 13.8 Å². The SMILES string of the molecule is C.CC(Br)C(=O)Br.CC(Br)C(=O)NC(C)(C)C(=O)O.CC(C)(N)C(=O)O. The number of carboxylic acids is 2. The number of alkyl halides is 2. The number of amides is 1. The highest BCUT2D eigenvalue weighted by Gasteiger charge is 2.29. The number of nitrogens with one attached hydrogen (secondary N) is 1. The molecule has 0 aliphatic heterocycles. The first-order valence-electron chi connectivity index (χ1n) is 6.91. The summed E-state index contributed by atoms with van der Waals surface area (Å²) in [5.41, 5.74) is 2.79. The maximum absolute atomic E-state index is 11.0. The molecule has 0 saturated carbocycles. The van der Waals surface area contributed by atoms with E-state index < -0.39 is 23.0 Å². The van der Waals surface area contributed by atoms with Crippen LogP contribution in [0.3, 0.4) is 0 Å². The van der Waals surface area contributed by atoms with Crippen LogP contribution in [-0.2, 0) is 19.2 Å². The van der Waals surface area contributed by atoms with E-state index in [1.165, 1.54) is 27.7 Å². The number of carbonyl (C=O) groups is 4. The molecule has 0 aromatic rings. The van der Waals surface area contributed by atoms with E-state index in [2.05, 4.69) is 53.1 Å². The molecule has 8 nitrogen and oxygen atoms in total. The number of nitrogens with two attached hydrogens (primary N) is 1. The summed E-state index contributed by atoms with van der Waals surface area (Å²) in [5.74, 6) is -2.36. The van der Waals surface area contributed by atoms with Gasteiger partial charge in [0.25, 0.3) is 0 Å². The predicted molar refractivity (Wildman–Crippen MR) is 113 cm³/mol. The van der Waals surface area contributed by atoms with Crippen molar-refractivity contribution in [2.24, 2.45) is 5.73 Å². The summed E-state index contributed by atoms with van der Waals surface area (Å²) < 4.78 is -0.0116. The summed E-state index contributed by atoms with van der Waals surface area (Å²) in [6, 6.07) is 0. The van der Waals surface area contributed by atoms with Crippen molar-refractivity contribution in [3.63, 3.8) is 0 Å². The van der Waals surface area contributed by atoms with Crippen molar-refractivity contribution in [1.29, 1.82) is 0 Å². The van der Waals surface area contributed by atoms with Crippen molar-refractivity contribution < 1.29 is 29.4 Å². The normalized spacial score (nSPS) is 12.5. The number of rotatable bonds is 5. The minimum Gasteiger partial charge on any atom is -0.480 e. The molecule has 0 heterocycles. The number of halogens is 3. The van der Waals surface area contributed by atoms with Crippen LogP contribution in [0.4, 0.5) is 0 Å². The molecule has 0 aliphatic carbocycles. The molecule has 26 heavy (non-hydrogen) atoms. The Hall–Kier alpha value is -0.520. The van der Waals surface area contributed by atoms with Crippen LogP contribution in [0.5, 0.6) is 0 Å². The smallest absolute Gasteiger partial charge is 0.328 e. The largest absolute Gasteiger partial charge is 0.480 e. The van der Waals surface area contributed by atoms with Crippen molar-refractivity contribution in [1.82, 2.24) is 5.32 Å². The highest BCUT2D eigenvalue weighted by Crippen LogP contribution is 2.05. The quantitative estimate of drug-likeness (QED) is 0.292. The lowest BCUT2D eigenvalue weighted by Gasteiger charge is -2.21. The molecule has 0 fully saturated rings. The van der Waals surface area contributed by atoms with Crippen LogP contribution >= 0.6 is 47.8 Å². The fraction of sp³-hybridized carbons (Fsp3) is 0.733. The zero-order chi connectivity index (χ0) is 21.2. The maximum Gasteiger partial charge on any atom is 0.328 e. The molecular weight excluding hydrogens is 544 g/mol. The Morgan fingerprint density at radius 1 is 0.923 bits per heavy atom. The summed E-state index contributed by atoms with van der Waals surface area (Å²) in [5, 5.41) is 19.1. The molecule has 0 saturated heterocycles. The first-order valence-corrected chi connectivity index (χ1v) is 9.53. The van der Waals surface area contributed by atoms with Gasteiger partial charge in [0.05, 0.1) is 9.65 Å². The van der Waals surface area contributed by atoms with Crippen molar-refractivity contribution in [2.75, 3.05) is 0 Å². The van der Waals surface area contributed by atoms with Gasteiger partial charge in [-0.3, -0.25) is 14.4 Å². The highest BCUT2D eigenvalue weighted by atomic mass is 79.9. The summed E-state index contributed by atoms with van der Waals surface area (Å²) in [7, 11) is 0. The van der Waals surface area contributed by atoms with E-state index >= 15 is 0 Å². The van der Waals surface area contributed by atoms with Gasteiger partial charge in [-0.05, 0) is 57.5 Å². The Morgan fingerprint density at radius 3 is 1.31 bits per heavy atom. The van der Waals surface area contributed by atoms with E-state index in [-0.39, 0.29) is 27.7 Å². The maximum atomic E-state index is 11.0. The second-order valence-electron chi connectivity index (χ2n) is 5.98. The molecule has 0 spiro atoms. The molecule has 0 aromatic carbocycles. The number of hydrogen-bond acceptors (Lipinski definition) is 5. The van der Waals surface area contributed by atoms with Crippen LogP contribution in [0.15, 0.2) is 0 Å². The van der Waals surface area contributed by atoms with Gasteiger partial charge < -0.3 is 21.3 Å². The van der Waals surface area contributed by atoms with Gasteiger partial charge in [-0.2, -0.15) is 0 Å². The molecule has 11 heteroatoms. The van der Waals surface area contributed by atoms with Crippen LogP contribution in [0.25, 0.3) is 0 Å². The predicted octanol–water partition coefficient (Wildman–Crippen LogP) is 2.88. The molecule has 0 aromatic heterocycles. The van der Waals surface area contributed by atoms with Gasteiger partial charge in [0.15, 0.2) is 0 Å². The topological polar surface area (TPSA) is 147 Å². The lowest BCUT2D eigenvalue weighted by molar-refractivity contribution is -0.145. The van der Waals surface area contributed by atoms with Crippen LogP contribution in [0.2, 0.25) is 0 Å². The first kappa shape index (κ1) is 33.1. The number of carbonyl (C=O) groups excluding carboxylic acids is 2. The van der Waals surface area contributed by atoms with Crippen molar-refractivity contribution in [2.45, 2.75) is 69.7 Å². The fourth-order valence-corrected chi connectivity index (χ4v) is 0.575. The first-order chi connectivity index (χ1) is 10.9. The molecule has 0 radical (unpaired) electrons. The van der Waals surface area contributed by atoms with E-state index in [9.17, 15) is 19.2 Å². The van der Waals surface area contributed by atoms with Crippen LogP contribution in [0.1, 0.15) is 49.0 Å². The van der Waals surface area contributed by atoms with Gasteiger partial charge in [0, 0.05) is 0 Å². The third kappa shape index (κ3) is 19.8. The third-order valence-electron chi connectivity index (χ3n) is 2.20. The van der Waals surface area contributed by atoms with Crippen LogP contribution in [0, 0.1) is 0 Å². The second kappa shape index (κ2) is 14.5. The third-order valence-corrected chi connectivity index (χ3v) is 4.33. The molecule has 0 rings (SSSR count). The highest BCUT2D eigenvalue weighted by molar-refractivity contribution is 9.20. The standard InChI is InChI=1S/C7H12BrNO3.C4H9NO2.C3H4Br2O.CH4/c1-4(8)5(10)9-7(2,3)6(11)12;1-4(2,5)3(6)7;1-2(4)3(5)6;/h4H,1-3H3,(H,9,10)(H,11,12);5H2,1-2H3,(H,6,7);2H,1H3;1H4. The molecule has 0 aliphatic rings. The molecule has 2 unspecified atom stereocenters. The summed E-state index contributed by atoms with van der Waals surface area (Å²) in [6.45, 7) is 9.14. The number of aliphatic carboxylic acids is 2. The Kier molecular flexibility index (Phi) is 18.5. The lowest BCUT2D eigenvalue weighted by Crippen LogP contribution is -2.51. The average Bonchev–Trinajstić information content (AvgIpc) is 2.37. The van der Waals surface area contributed by atoms with Gasteiger partial charge in [-0.15, -0.1) is 0 Å². The Morgan fingerprint density at radius 2 is 1.19 bits per heavy atom. The minimum absolute atomic E-state index is 0. The summed E-state index contributed by atoms with van der Waals surface area (Å²) in [6.07, 6.45) is 0. The lowest BCUT2D eigenvalue weighted by atomic mass is 10.1. The Labute approximate surface area is 180 Å². The molecule has 2 atom stereocenters. The van der Waals surface area contributed by atoms with Crippen molar-refractivity contribution >= 4 is 70.3 Å². The van der Waals surface area contributed by atoms with Crippen LogP contribution < -0.4 is 11.1 Å². The van der Waals surface area contributed by atoms with Gasteiger partial charge in [-0.25, -0.2) is 4.79 Å². The molecule has 1 amide bonds.